The van der Waals surface area contributed by atoms with E-state index in [0.29, 0.717) is 24.2 Å². The van der Waals surface area contributed by atoms with Gasteiger partial charge in [-0.25, -0.2) is 0 Å². The van der Waals surface area contributed by atoms with E-state index in [1.165, 1.54) is 12.7 Å². The number of azo groups is 1. The molecule has 0 amide bonds. The van der Waals surface area contributed by atoms with Gasteiger partial charge in [-0.2, -0.15) is 15.5 Å². The first kappa shape index (κ1) is 17.6. The van der Waals surface area contributed by atoms with Crippen LogP contribution in [0.1, 0.15) is 24.0 Å². The lowest BCUT2D eigenvalue weighted by Gasteiger charge is -2.31. The van der Waals surface area contributed by atoms with Gasteiger partial charge in [-0.15, -0.1) is 0 Å². The van der Waals surface area contributed by atoms with Crippen LogP contribution in [0.15, 0.2) is 52.7 Å². The number of anilines is 1. The highest BCUT2D eigenvalue weighted by molar-refractivity contribution is 5.70. The van der Waals surface area contributed by atoms with Gasteiger partial charge in [0.15, 0.2) is 0 Å². The number of carbonyl (C=O) groups is 1. The van der Waals surface area contributed by atoms with Crippen molar-refractivity contribution in [1.29, 1.82) is 5.26 Å². The van der Waals surface area contributed by atoms with Gasteiger partial charge in [0.05, 0.1) is 36.5 Å². The third kappa shape index (κ3) is 4.25. The average Bonchev–Trinajstić information content (AvgIpc) is 2.70. The van der Waals surface area contributed by atoms with Gasteiger partial charge in [0, 0.05) is 18.8 Å². The molecule has 0 N–H and O–H groups in total. The maximum atomic E-state index is 11.4. The van der Waals surface area contributed by atoms with Crippen molar-refractivity contribution in [2.24, 2.45) is 10.2 Å². The molecule has 0 unspecified atom stereocenters. The molecule has 2 aromatic rings. The van der Waals surface area contributed by atoms with Gasteiger partial charge in [0.2, 0.25) is 0 Å². The first-order valence-electron chi connectivity index (χ1n) is 8.56. The molecule has 0 fully saturated rings. The highest BCUT2D eigenvalue weighted by atomic mass is 16.5. The van der Waals surface area contributed by atoms with E-state index in [1.807, 2.05) is 18.2 Å². The molecule has 1 aliphatic rings. The Kier molecular flexibility index (Phi) is 5.59. The molecule has 6 heteroatoms. The molecular weight excluding hydrogens is 328 g/mol. The molecule has 0 atom stereocenters. The molecule has 0 aliphatic carbocycles. The summed E-state index contributed by atoms with van der Waals surface area (Å²) in [5.74, 6) is -0.190. The smallest absolute Gasteiger partial charge is 0.307 e. The number of hydrogen-bond donors (Lipinski definition) is 0. The Morgan fingerprint density at radius 3 is 2.65 bits per heavy atom. The van der Waals surface area contributed by atoms with E-state index in [4.69, 9.17) is 10.00 Å². The van der Waals surface area contributed by atoms with Crippen molar-refractivity contribution < 1.29 is 9.53 Å². The van der Waals surface area contributed by atoms with Crippen LogP contribution < -0.4 is 4.90 Å². The van der Waals surface area contributed by atoms with Crippen molar-refractivity contribution in [1.82, 2.24) is 0 Å². The highest BCUT2D eigenvalue weighted by Gasteiger charge is 2.18. The zero-order chi connectivity index (χ0) is 18.4. The lowest BCUT2D eigenvalue weighted by molar-refractivity contribution is -0.140. The second-order valence-electron chi connectivity index (χ2n) is 6.09. The Labute approximate surface area is 152 Å². The molecule has 1 heterocycles. The third-order valence-electron chi connectivity index (χ3n) is 4.37. The predicted octanol–water partition coefficient (Wildman–Crippen LogP) is 4.29. The number of fused-ring (bicyclic) bond motifs is 1. The zero-order valence-corrected chi connectivity index (χ0v) is 14.7. The van der Waals surface area contributed by atoms with Gasteiger partial charge < -0.3 is 9.64 Å². The Morgan fingerprint density at radius 2 is 1.92 bits per heavy atom. The van der Waals surface area contributed by atoms with Crippen LogP contribution in [0.3, 0.4) is 0 Å². The number of nitriles is 1. The molecule has 0 radical (unpaired) electrons. The van der Waals surface area contributed by atoms with Gasteiger partial charge in [0.25, 0.3) is 0 Å². The molecule has 132 valence electrons. The molecule has 0 spiro atoms. The van der Waals surface area contributed by atoms with E-state index in [-0.39, 0.29) is 5.97 Å². The first-order chi connectivity index (χ1) is 12.7. The van der Waals surface area contributed by atoms with Gasteiger partial charge >= 0.3 is 5.97 Å². The minimum atomic E-state index is -0.190. The van der Waals surface area contributed by atoms with Crippen molar-refractivity contribution in [2.75, 3.05) is 25.1 Å². The quantitative estimate of drug-likeness (QED) is 0.596. The summed E-state index contributed by atoms with van der Waals surface area (Å²) in [6.45, 7) is 1.60. The molecule has 0 aromatic heterocycles. The number of rotatable bonds is 5. The van der Waals surface area contributed by atoms with E-state index in [1.54, 1.807) is 24.3 Å². The molecule has 1 aliphatic heterocycles. The van der Waals surface area contributed by atoms with Crippen molar-refractivity contribution in [3.05, 3.63) is 53.6 Å². The van der Waals surface area contributed by atoms with Crippen LogP contribution >= 0.6 is 0 Å². The second kappa shape index (κ2) is 8.26. The van der Waals surface area contributed by atoms with E-state index in [2.05, 4.69) is 21.2 Å². The Morgan fingerprint density at radius 1 is 1.19 bits per heavy atom. The largest absolute Gasteiger partial charge is 0.469 e. The van der Waals surface area contributed by atoms with Crippen LogP contribution in [-0.2, 0) is 16.0 Å². The van der Waals surface area contributed by atoms with Crippen LogP contribution in [-0.4, -0.2) is 26.2 Å². The summed E-state index contributed by atoms with van der Waals surface area (Å²) in [7, 11) is 1.41. The minimum Gasteiger partial charge on any atom is -0.469 e. The van der Waals surface area contributed by atoms with E-state index >= 15 is 0 Å². The Hall–Kier alpha value is -3.20. The van der Waals surface area contributed by atoms with E-state index < -0.39 is 0 Å². The summed E-state index contributed by atoms with van der Waals surface area (Å²) in [6.07, 6.45) is 2.42. The second-order valence-corrected chi connectivity index (χ2v) is 6.09. The number of nitrogens with zero attached hydrogens (tertiary/aromatic N) is 4. The lowest BCUT2D eigenvalue weighted by Crippen LogP contribution is -2.31. The average molecular weight is 348 g/mol. The molecule has 2 aromatic carbocycles. The monoisotopic (exact) mass is 348 g/mol. The zero-order valence-electron chi connectivity index (χ0n) is 14.7. The molecule has 6 nitrogen and oxygen atoms in total. The Bertz CT molecular complexity index is 853. The topological polar surface area (TPSA) is 78.0 Å². The summed E-state index contributed by atoms with van der Waals surface area (Å²) in [6, 6.07) is 15.1. The van der Waals surface area contributed by atoms with Crippen molar-refractivity contribution >= 4 is 23.0 Å². The molecular formula is C20H20N4O2. The number of methoxy groups -OCH3 is 1. The first-order valence-corrected chi connectivity index (χ1v) is 8.56. The van der Waals surface area contributed by atoms with E-state index in [0.717, 1.165) is 30.8 Å². The van der Waals surface area contributed by atoms with Crippen molar-refractivity contribution in [3.8, 4) is 6.07 Å². The number of ether oxygens (including phenoxy) is 1. The fourth-order valence-electron chi connectivity index (χ4n) is 3.00. The van der Waals surface area contributed by atoms with Gasteiger partial charge in [0.1, 0.15) is 0 Å². The summed E-state index contributed by atoms with van der Waals surface area (Å²) in [5.41, 5.74) is 4.48. The molecule has 26 heavy (non-hydrogen) atoms. The normalized spacial score (nSPS) is 13.3. The Balaban J connectivity index is 1.72. The number of aryl methyl sites for hydroxylation is 1. The number of carbonyl (C=O) groups excluding carboxylic acids is 1. The predicted molar refractivity (Wildman–Crippen MR) is 98.9 cm³/mol. The summed E-state index contributed by atoms with van der Waals surface area (Å²) in [4.78, 5) is 13.6. The third-order valence-corrected chi connectivity index (χ3v) is 4.37. The number of benzene rings is 2. The molecule has 0 bridgehead atoms. The lowest BCUT2D eigenvalue weighted by atomic mass is 10.0. The van der Waals surface area contributed by atoms with Gasteiger partial charge in [-0.1, -0.05) is 0 Å². The fraction of sp³-hybridized carbons (Fsp3) is 0.300. The standard InChI is InChI=1S/C20H20N4O2/c1-26-20(25)10-12-24-11-2-3-16-13-18(8-9-19(16)24)23-22-17-6-4-15(14-21)5-7-17/h4-9,13H,2-3,10-12H2,1H3. The van der Waals surface area contributed by atoms with Crippen LogP contribution in [0.2, 0.25) is 0 Å². The van der Waals surface area contributed by atoms with Crippen LogP contribution in [0.4, 0.5) is 17.1 Å². The summed E-state index contributed by atoms with van der Waals surface area (Å²) < 4.78 is 4.73. The number of hydrogen-bond acceptors (Lipinski definition) is 6. The summed E-state index contributed by atoms with van der Waals surface area (Å²) in [5, 5.41) is 17.4. The van der Waals surface area contributed by atoms with Crippen molar-refractivity contribution in [2.45, 2.75) is 19.3 Å². The SMILES string of the molecule is COC(=O)CCN1CCCc2cc(N=Nc3ccc(C#N)cc3)ccc21. The van der Waals surface area contributed by atoms with Crippen LogP contribution in [0, 0.1) is 11.3 Å². The van der Waals surface area contributed by atoms with Crippen LogP contribution in [0.25, 0.3) is 0 Å². The molecule has 0 saturated heterocycles. The van der Waals surface area contributed by atoms with Crippen molar-refractivity contribution in [3.63, 3.8) is 0 Å². The highest BCUT2D eigenvalue weighted by Crippen LogP contribution is 2.31. The number of esters is 1. The molecule has 0 saturated carbocycles. The fourth-order valence-corrected chi connectivity index (χ4v) is 3.00. The molecule has 3 rings (SSSR count). The summed E-state index contributed by atoms with van der Waals surface area (Å²) >= 11 is 0. The van der Waals surface area contributed by atoms with Crippen LogP contribution in [0.5, 0.6) is 0 Å². The van der Waals surface area contributed by atoms with Gasteiger partial charge in [-0.3, -0.25) is 4.79 Å². The maximum absolute atomic E-state index is 11.4. The van der Waals surface area contributed by atoms with Gasteiger partial charge in [-0.05, 0) is 60.9 Å². The minimum absolute atomic E-state index is 0.190. The maximum Gasteiger partial charge on any atom is 0.307 e. The van der Waals surface area contributed by atoms with E-state index in [9.17, 15) is 4.79 Å².